The van der Waals surface area contributed by atoms with Crippen LogP contribution in [0.25, 0.3) is 11.4 Å². The number of carbonyl (C=O) groups is 2. The van der Waals surface area contributed by atoms with E-state index < -0.39 is 0 Å². The summed E-state index contributed by atoms with van der Waals surface area (Å²) in [5.74, 6) is 0.132. The van der Waals surface area contributed by atoms with Crippen LogP contribution in [-0.4, -0.2) is 26.6 Å². The summed E-state index contributed by atoms with van der Waals surface area (Å²) in [6.45, 7) is 1.88. The first kappa shape index (κ1) is 23.4. The van der Waals surface area contributed by atoms with Crippen molar-refractivity contribution >= 4 is 41.3 Å². The first-order chi connectivity index (χ1) is 16.4. The molecule has 0 saturated carbocycles. The van der Waals surface area contributed by atoms with Gasteiger partial charge in [0, 0.05) is 21.8 Å². The van der Waals surface area contributed by atoms with Crippen LogP contribution in [0.2, 0.25) is 5.02 Å². The van der Waals surface area contributed by atoms with E-state index in [0.717, 1.165) is 11.1 Å². The van der Waals surface area contributed by atoms with Crippen molar-refractivity contribution in [3.05, 3.63) is 99.8 Å². The minimum absolute atomic E-state index is 0.00205. The van der Waals surface area contributed by atoms with Gasteiger partial charge in [-0.1, -0.05) is 41.9 Å². The molecule has 0 bridgehead atoms. The Labute approximate surface area is 206 Å². The number of aromatic nitrogens is 3. The van der Waals surface area contributed by atoms with Crippen LogP contribution in [0.15, 0.2) is 78.9 Å². The Morgan fingerprint density at radius 3 is 2.53 bits per heavy atom. The summed E-state index contributed by atoms with van der Waals surface area (Å²) in [5.41, 5.74) is 2.87. The molecule has 3 N–H and O–H groups in total. The molecule has 0 aliphatic heterocycles. The van der Waals surface area contributed by atoms with Gasteiger partial charge in [0.15, 0.2) is 10.6 Å². The molecule has 3 aromatic carbocycles. The Bertz CT molecular complexity index is 1370. The van der Waals surface area contributed by atoms with Gasteiger partial charge in [0.05, 0.1) is 6.04 Å². The molecular weight excluding hydrogens is 470 g/mol. The maximum atomic E-state index is 12.8. The van der Waals surface area contributed by atoms with Gasteiger partial charge in [-0.15, -0.1) is 0 Å². The number of carbonyl (C=O) groups excluding carboxylic acids is 2. The Balaban J connectivity index is 1.43. The van der Waals surface area contributed by atoms with Crippen molar-refractivity contribution in [2.75, 3.05) is 5.32 Å². The van der Waals surface area contributed by atoms with E-state index in [1.54, 1.807) is 28.8 Å². The van der Waals surface area contributed by atoms with Gasteiger partial charge < -0.3 is 10.6 Å². The average Bonchev–Trinajstić information content (AvgIpc) is 3.20. The van der Waals surface area contributed by atoms with Crippen LogP contribution in [0, 0.1) is 4.77 Å². The predicted molar refractivity (Wildman–Crippen MR) is 135 cm³/mol. The maximum Gasteiger partial charge on any atom is 0.255 e. The Hall–Kier alpha value is -3.75. The number of aromatic amines is 1. The van der Waals surface area contributed by atoms with E-state index in [4.69, 9.17) is 23.8 Å². The summed E-state index contributed by atoms with van der Waals surface area (Å²) >= 11 is 11.3. The summed E-state index contributed by atoms with van der Waals surface area (Å²) in [7, 11) is 0. The Morgan fingerprint density at radius 2 is 1.79 bits per heavy atom. The standard InChI is InChI=1S/C25H22ClN5O2S/c1-16(19-8-5-9-21(14-19)28-24(33)18-6-3-2-4-7-18)27-22(32)15-31-23(29-30-25(31)34)17-10-12-20(26)13-11-17/h2-14,16H,15H2,1H3,(H,27,32)(H,28,33)(H,30,34). The minimum Gasteiger partial charge on any atom is -0.348 e. The molecule has 4 rings (SSSR count). The lowest BCUT2D eigenvalue weighted by atomic mass is 10.1. The van der Waals surface area contributed by atoms with Crippen molar-refractivity contribution in [3.63, 3.8) is 0 Å². The maximum absolute atomic E-state index is 12.8. The van der Waals surface area contributed by atoms with Crippen LogP contribution in [0.5, 0.6) is 0 Å². The third-order valence-corrected chi connectivity index (χ3v) is 5.78. The molecular formula is C25H22ClN5O2S. The van der Waals surface area contributed by atoms with Crippen molar-refractivity contribution in [2.45, 2.75) is 19.5 Å². The molecule has 1 aromatic heterocycles. The highest BCUT2D eigenvalue weighted by Crippen LogP contribution is 2.21. The van der Waals surface area contributed by atoms with Crippen LogP contribution in [0.4, 0.5) is 5.69 Å². The summed E-state index contributed by atoms with van der Waals surface area (Å²) < 4.78 is 1.98. The van der Waals surface area contributed by atoms with E-state index >= 15 is 0 Å². The van der Waals surface area contributed by atoms with Gasteiger partial charge in [-0.2, -0.15) is 5.10 Å². The van der Waals surface area contributed by atoms with Crippen LogP contribution in [0.3, 0.4) is 0 Å². The number of H-pyrrole nitrogens is 1. The molecule has 34 heavy (non-hydrogen) atoms. The molecule has 1 unspecified atom stereocenters. The molecule has 1 heterocycles. The van der Waals surface area contributed by atoms with Crippen molar-refractivity contribution in [1.82, 2.24) is 20.1 Å². The smallest absolute Gasteiger partial charge is 0.255 e. The number of nitrogens with zero attached hydrogens (tertiary/aromatic N) is 2. The molecule has 172 valence electrons. The van der Waals surface area contributed by atoms with Gasteiger partial charge in [-0.3, -0.25) is 19.3 Å². The first-order valence-electron chi connectivity index (χ1n) is 10.6. The van der Waals surface area contributed by atoms with Gasteiger partial charge in [0.2, 0.25) is 5.91 Å². The molecule has 7 nitrogen and oxygen atoms in total. The quantitative estimate of drug-likeness (QED) is 0.302. The highest BCUT2D eigenvalue weighted by Gasteiger charge is 2.15. The Morgan fingerprint density at radius 1 is 1.06 bits per heavy atom. The fourth-order valence-electron chi connectivity index (χ4n) is 3.48. The van der Waals surface area contributed by atoms with Gasteiger partial charge in [-0.05, 0) is 73.2 Å². The van der Waals surface area contributed by atoms with E-state index in [9.17, 15) is 9.59 Å². The van der Waals surface area contributed by atoms with Gasteiger partial charge in [0.1, 0.15) is 6.54 Å². The van der Waals surface area contributed by atoms with Crippen LogP contribution in [-0.2, 0) is 11.3 Å². The van der Waals surface area contributed by atoms with Gasteiger partial charge in [-0.25, -0.2) is 0 Å². The number of nitrogens with one attached hydrogen (secondary N) is 3. The molecule has 0 saturated heterocycles. The second-order valence-electron chi connectivity index (χ2n) is 7.68. The number of benzene rings is 3. The largest absolute Gasteiger partial charge is 0.348 e. The fourth-order valence-corrected chi connectivity index (χ4v) is 3.80. The van der Waals surface area contributed by atoms with E-state index in [1.165, 1.54) is 0 Å². The third-order valence-electron chi connectivity index (χ3n) is 5.22. The lowest BCUT2D eigenvalue weighted by Crippen LogP contribution is -2.30. The zero-order chi connectivity index (χ0) is 24.1. The highest BCUT2D eigenvalue weighted by atomic mass is 35.5. The zero-order valence-corrected chi connectivity index (χ0v) is 19.9. The van der Waals surface area contributed by atoms with Crippen molar-refractivity contribution in [1.29, 1.82) is 0 Å². The highest BCUT2D eigenvalue weighted by molar-refractivity contribution is 7.71. The summed E-state index contributed by atoms with van der Waals surface area (Å²) in [4.78, 5) is 25.3. The van der Waals surface area contributed by atoms with E-state index in [0.29, 0.717) is 26.9 Å². The molecule has 0 fully saturated rings. The molecule has 2 amide bonds. The number of amides is 2. The SMILES string of the molecule is CC(NC(=O)Cn1c(-c2ccc(Cl)cc2)n[nH]c1=S)c1cccc(NC(=O)c2ccccc2)c1. The van der Waals surface area contributed by atoms with E-state index in [1.807, 2.05) is 61.5 Å². The summed E-state index contributed by atoms with van der Waals surface area (Å²) in [5, 5.41) is 13.5. The first-order valence-corrected chi connectivity index (χ1v) is 11.4. The topological polar surface area (TPSA) is 91.8 Å². The van der Waals surface area contributed by atoms with Crippen LogP contribution < -0.4 is 10.6 Å². The second-order valence-corrected chi connectivity index (χ2v) is 8.50. The molecule has 1 atom stereocenters. The average molecular weight is 492 g/mol. The fraction of sp³-hybridized carbons (Fsp3) is 0.120. The molecule has 0 aliphatic rings. The van der Waals surface area contributed by atoms with Crippen LogP contribution >= 0.6 is 23.8 Å². The Kier molecular flexibility index (Phi) is 7.20. The second kappa shape index (κ2) is 10.5. The number of rotatable bonds is 7. The van der Waals surface area contributed by atoms with Crippen molar-refractivity contribution in [3.8, 4) is 11.4 Å². The monoisotopic (exact) mass is 491 g/mol. The molecule has 4 aromatic rings. The minimum atomic E-state index is -0.291. The zero-order valence-electron chi connectivity index (χ0n) is 18.3. The third kappa shape index (κ3) is 5.59. The molecule has 0 radical (unpaired) electrons. The molecule has 0 aliphatic carbocycles. The van der Waals surface area contributed by atoms with Crippen molar-refractivity contribution in [2.24, 2.45) is 0 Å². The lowest BCUT2D eigenvalue weighted by molar-refractivity contribution is -0.122. The van der Waals surface area contributed by atoms with Crippen LogP contribution in [0.1, 0.15) is 28.9 Å². The summed E-state index contributed by atoms with van der Waals surface area (Å²) in [6.07, 6.45) is 0. The van der Waals surface area contributed by atoms with Gasteiger partial charge >= 0.3 is 0 Å². The summed E-state index contributed by atoms with van der Waals surface area (Å²) in [6, 6.07) is 23.2. The van der Waals surface area contributed by atoms with E-state index in [2.05, 4.69) is 20.8 Å². The van der Waals surface area contributed by atoms with Gasteiger partial charge in [0.25, 0.3) is 5.91 Å². The number of hydrogen-bond donors (Lipinski definition) is 3. The lowest BCUT2D eigenvalue weighted by Gasteiger charge is -2.16. The number of anilines is 1. The van der Waals surface area contributed by atoms with E-state index in [-0.39, 0.29) is 24.4 Å². The number of halogens is 1. The number of hydrogen-bond acceptors (Lipinski definition) is 4. The van der Waals surface area contributed by atoms with Crippen molar-refractivity contribution < 1.29 is 9.59 Å². The molecule has 0 spiro atoms. The predicted octanol–water partition coefficient (Wildman–Crippen LogP) is 5.39. The molecule has 9 heteroatoms. The normalized spacial score (nSPS) is 11.6.